The van der Waals surface area contributed by atoms with Crippen molar-refractivity contribution in [2.24, 2.45) is 5.73 Å². The molecule has 0 amide bonds. The lowest BCUT2D eigenvalue weighted by Crippen LogP contribution is -2.16. The maximum Gasteiger partial charge on any atom is 0.181 e. The van der Waals surface area contributed by atoms with Crippen LogP contribution in [0.15, 0.2) is 12.1 Å². The van der Waals surface area contributed by atoms with E-state index in [1.807, 2.05) is 0 Å². The quantitative estimate of drug-likeness (QED) is 0.840. The van der Waals surface area contributed by atoms with Gasteiger partial charge in [0.15, 0.2) is 10.9 Å². The van der Waals surface area contributed by atoms with Gasteiger partial charge in [-0.2, -0.15) is 0 Å². The fourth-order valence-corrected chi connectivity index (χ4v) is 2.21. The van der Waals surface area contributed by atoms with Crippen molar-refractivity contribution >= 4 is 32.5 Å². The Morgan fingerprint density at radius 1 is 1.50 bits per heavy atom. The number of carbonyl (C=O) groups excluding carboxylic acids is 1. The lowest BCUT2D eigenvalue weighted by atomic mass is 10.1. The number of aromatic nitrogens is 1. The summed E-state index contributed by atoms with van der Waals surface area (Å²) in [6.07, 6.45) is 0.01000. The van der Waals surface area contributed by atoms with Crippen LogP contribution in [-0.4, -0.2) is 17.3 Å². The topological polar surface area (TPSA) is 82.0 Å². The number of Topliss-reactive ketones (excluding diaryl/α,β-unsaturated/α-hetero) is 1. The highest BCUT2D eigenvalue weighted by molar-refractivity contribution is 7.22. The Morgan fingerprint density at radius 3 is 2.94 bits per heavy atom. The highest BCUT2D eigenvalue weighted by Crippen LogP contribution is 2.26. The van der Waals surface area contributed by atoms with E-state index in [0.717, 1.165) is 4.70 Å². The van der Waals surface area contributed by atoms with Crippen molar-refractivity contribution in [3.63, 3.8) is 0 Å². The second-order valence-electron chi connectivity index (χ2n) is 3.38. The van der Waals surface area contributed by atoms with Crippen LogP contribution in [0.1, 0.15) is 5.56 Å². The van der Waals surface area contributed by atoms with Gasteiger partial charge in [-0.1, -0.05) is 11.3 Å². The minimum absolute atomic E-state index is 0.01000. The largest absolute Gasteiger partial charge is 0.375 e. The Balaban J connectivity index is 2.45. The molecule has 0 atom stereocenters. The van der Waals surface area contributed by atoms with Gasteiger partial charge in [-0.3, -0.25) is 4.79 Å². The predicted molar refractivity (Wildman–Crippen MR) is 61.8 cm³/mol. The van der Waals surface area contributed by atoms with Crippen molar-refractivity contribution in [3.05, 3.63) is 23.5 Å². The molecule has 1 aromatic heterocycles. The van der Waals surface area contributed by atoms with Crippen molar-refractivity contribution in [2.45, 2.75) is 6.42 Å². The summed E-state index contributed by atoms with van der Waals surface area (Å²) in [4.78, 5) is 15.1. The summed E-state index contributed by atoms with van der Waals surface area (Å²) in [6.45, 7) is -0.0810. The fourth-order valence-electron chi connectivity index (χ4n) is 1.43. The number of nitrogens with two attached hydrogens (primary N) is 2. The number of hydrogen-bond acceptors (Lipinski definition) is 5. The number of hydrogen-bond donors (Lipinski definition) is 2. The molecule has 2 rings (SSSR count). The van der Waals surface area contributed by atoms with Gasteiger partial charge < -0.3 is 11.5 Å². The Hall–Kier alpha value is -1.53. The van der Waals surface area contributed by atoms with E-state index in [1.165, 1.54) is 17.4 Å². The molecular formula is C10H10FN3OS. The number of rotatable bonds is 3. The molecule has 0 aliphatic carbocycles. The molecule has 16 heavy (non-hydrogen) atoms. The molecule has 6 heteroatoms. The Morgan fingerprint density at radius 2 is 2.25 bits per heavy atom. The maximum absolute atomic E-state index is 13.6. The zero-order valence-electron chi connectivity index (χ0n) is 8.37. The lowest BCUT2D eigenvalue weighted by molar-refractivity contribution is -0.117. The number of halogens is 1. The number of nitrogen functional groups attached to an aromatic ring is 1. The second kappa shape index (κ2) is 4.15. The van der Waals surface area contributed by atoms with Crippen molar-refractivity contribution in [2.75, 3.05) is 12.3 Å². The van der Waals surface area contributed by atoms with Crippen LogP contribution in [0.25, 0.3) is 10.2 Å². The molecule has 1 heterocycles. The number of anilines is 1. The van der Waals surface area contributed by atoms with E-state index in [9.17, 15) is 9.18 Å². The van der Waals surface area contributed by atoms with Gasteiger partial charge in [-0.15, -0.1) is 0 Å². The van der Waals surface area contributed by atoms with Gasteiger partial charge in [-0.25, -0.2) is 9.37 Å². The van der Waals surface area contributed by atoms with Crippen molar-refractivity contribution in [3.8, 4) is 0 Å². The van der Waals surface area contributed by atoms with E-state index in [4.69, 9.17) is 11.5 Å². The van der Waals surface area contributed by atoms with E-state index >= 15 is 0 Å². The molecule has 0 bridgehead atoms. The summed E-state index contributed by atoms with van der Waals surface area (Å²) in [5.74, 6) is -0.643. The highest BCUT2D eigenvalue weighted by atomic mass is 32.1. The Labute approximate surface area is 95.1 Å². The molecule has 0 saturated heterocycles. The van der Waals surface area contributed by atoms with Crippen LogP contribution in [0.3, 0.4) is 0 Å². The first-order valence-electron chi connectivity index (χ1n) is 4.66. The zero-order valence-corrected chi connectivity index (χ0v) is 9.18. The van der Waals surface area contributed by atoms with E-state index < -0.39 is 5.82 Å². The molecule has 4 N–H and O–H groups in total. The summed E-state index contributed by atoms with van der Waals surface area (Å²) < 4.78 is 14.3. The van der Waals surface area contributed by atoms with Crippen LogP contribution in [0.2, 0.25) is 0 Å². The number of ketones is 1. The molecule has 4 nitrogen and oxygen atoms in total. The van der Waals surface area contributed by atoms with E-state index in [0.29, 0.717) is 16.2 Å². The van der Waals surface area contributed by atoms with E-state index in [2.05, 4.69) is 4.98 Å². The smallest absolute Gasteiger partial charge is 0.181 e. The normalized spacial score (nSPS) is 10.9. The predicted octanol–water partition coefficient (Wildman–Crippen LogP) is 1.09. The Bertz CT molecular complexity index is 552. The van der Waals surface area contributed by atoms with Crippen LogP contribution in [0, 0.1) is 5.82 Å². The molecule has 0 unspecified atom stereocenters. The first-order chi connectivity index (χ1) is 7.60. The minimum Gasteiger partial charge on any atom is -0.375 e. The van der Waals surface area contributed by atoms with Crippen LogP contribution in [0.4, 0.5) is 9.52 Å². The number of benzene rings is 1. The van der Waals surface area contributed by atoms with Gasteiger partial charge >= 0.3 is 0 Å². The van der Waals surface area contributed by atoms with Gasteiger partial charge in [-0.05, 0) is 11.6 Å². The lowest BCUT2D eigenvalue weighted by Gasteiger charge is -2.01. The van der Waals surface area contributed by atoms with Crippen molar-refractivity contribution in [1.82, 2.24) is 4.98 Å². The van der Waals surface area contributed by atoms with E-state index in [-0.39, 0.29) is 18.7 Å². The fraction of sp³-hybridized carbons (Fsp3) is 0.200. The molecule has 84 valence electrons. The number of nitrogens with zero attached hydrogens (tertiary/aromatic N) is 1. The number of fused-ring (bicyclic) bond motifs is 1. The standard InChI is InChI=1S/C10H10FN3OS/c11-7-3-8-9(16-10(13)14-8)2-5(7)1-6(15)4-12/h2-3H,1,4,12H2,(H2,13,14). The minimum atomic E-state index is -0.445. The third-order valence-electron chi connectivity index (χ3n) is 2.19. The first-order valence-corrected chi connectivity index (χ1v) is 5.48. The molecule has 0 spiro atoms. The molecular weight excluding hydrogens is 229 g/mol. The molecule has 2 aromatic rings. The van der Waals surface area contributed by atoms with Gasteiger partial charge in [0.2, 0.25) is 0 Å². The van der Waals surface area contributed by atoms with Crippen LogP contribution < -0.4 is 11.5 Å². The number of thiazole rings is 1. The third-order valence-corrected chi connectivity index (χ3v) is 3.04. The second-order valence-corrected chi connectivity index (χ2v) is 4.45. The highest BCUT2D eigenvalue weighted by Gasteiger charge is 2.11. The average molecular weight is 239 g/mol. The van der Waals surface area contributed by atoms with Crippen molar-refractivity contribution < 1.29 is 9.18 Å². The molecule has 0 fully saturated rings. The van der Waals surface area contributed by atoms with Gasteiger partial charge in [0, 0.05) is 12.5 Å². The van der Waals surface area contributed by atoms with Crippen LogP contribution in [0.5, 0.6) is 0 Å². The molecule has 0 radical (unpaired) electrons. The molecule has 0 aliphatic rings. The maximum atomic E-state index is 13.6. The van der Waals surface area contributed by atoms with Gasteiger partial charge in [0.1, 0.15) is 5.82 Å². The number of carbonyl (C=O) groups is 1. The SMILES string of the molecule is NCC(=O)Cc1cc2sc(N)nc2cc1F. The monoisotopic (exact) mass is 239 g/mol. The summed E-state index contributed by atoms with van der Waals surface area (Å²) in [7, 11) is 0. The summed E-state index contributed by atoms with van der Waals surface area (Å²) in [5.41, 5.74) is 11.6. The average Bonchev–Trinajstić information content (AvgIpc) is 2.58. The van der Waals surface area contributed by atoms with Crippen LogP contribution >= 0.6 is 11.3 Å². The van der Waals surface area contributed by atoms with Crippen molar-refractivity contribution in [1.29, 1.82) is 0 Å². The summed E-state index contributed by atoms with van der Waals surface area (Å²) in [6, 6.07) is 2.90. The Kier molecular flexibility index (Phi) is 2.84. The molecule has 0 saturated carbocycles. The van der Waals surface area contributed by atoms with Gasteiger partial charge in [0.25, 0.3) is 0 Å². The summed E-state index contributed by atoms with van der Waals surface area (Å²) >= 11 is 1.27. The summed E-state index contributed by atoms with van der Waals surface area (Å²) in [5, 5.41) is 0.386. The third kappa shape index (κ3) is 2.02. The molecule has 1 aromatic carbocycles. The zero-order chi connectivity index (χ0) is 11.7. The first kappa shape index (κ1) is 11.0. The molecule has 0 aliphatic heterocycles. The van der Waals surface area contributed by atoms with Gasteiger partial charge in [0.05, 0.1) is 16.8 Å². The van der Waals surface area contributed by atoms with Crippen LogP contribution in [-0.2, 0) is 11.2 Å². The van der Waals surface area contributed by atoms with E-state index in [1.54, 1.807) is 6.07 Å².